The van der Waals surface area contributed by atoms with E-state index in [4.69, 9.17) is 5.73 Å². The molecule has 0 fully saturated rings. The zero-order valence-corrected chi connectivity index (χ0v) is 15.2. The van der Waals surface area contributed by atoms with E-state index < -0.39 is 11.0 Å². The molecule has 2 rings (SSSR count). The number of nitrogens with two attached hydrogens (primary N) is 1. The van der Waals surface area contributed by atoms with Crippen LogP contribution in [0.2, 0.25) is 0 Å². The van der Waals surface area contributed by atoms with E-state index in [1.54, 1.807) is 26.0 Å². The molecule has 0 saturated carbocycles. The fraction of sp³-hybridized carbons (Fsp3) is 0.278. The molecular formula is C18H22ClN3O3. The molecule has 0 heterocycles. The summed E-state index contributed by atoms with van der Waals surface area (Å²) in [5.74, 6) is -0.324. The molecule has 2 unspecified atom stereocenters. The first-order valence-corrected chi connectivity index (χ1v) is 7.67. The summed E-state index contributed by atoms with van der Waals surface area (Å²) in [6, 6.07) is 11.2. The summed E-state index contributed by atoms with van der Waals surface area (Å²) in [5, 5.41) is 13.8. The summed E-state index contributed by atoms with van der Waals surface area (Å²) in [6.45, 7) is 5.41. The van der Waals surface area contributed by atoms with Gasteiger partial charge in [0.15, 0.2) is 0 Å². The monoisotopic (exact) mass is 363 g/mol. The van der Waals surface area contributed by atoms with Gasteiger partial charge in [0.05, 0.1) is 11.0 Å². The number of benzene rings is 2. The average Bonchev–Trinajstić information content (AvgIpc) is 2.54. The number of halogens is 1. The lowest BCUT2D eigenvalue weighted by Gasteiger charge is -2.18. The first-order valence-electron chi connectivity index (χ1n) is 7.67. The Morgan fingerprint density at radius 3 is 2.24 bits per heavy atom. The predicted octanol–water partition coefficient (Wildman–Crippen LogP) is 3.51. The zero-order chi connectivity index (χ0) is 17.9. The van der Waals surface area contributed by atoms with Gasteiger partial charge in [0, 0.05) is 11.6 Å². The summed E-state index contributed by atoms with van der Waals surface area (Å²) < 4.78 is 0. The standard InChI is InChI=1S/C18H21N3O3.ClH/c1-11-4-7-14(8-5-11)17(19)18(22)20-13(3)15-9-6-12(2)16(10-15)21(23)24;/h4-10,13,17H,19H2,1-3H3,(H,20,22);1H. The minimum absolute atomic E-state index is 0. The highest BCUT2D eigenvalue weighted by Crippen LogP contribution is 2.23. The SMILES string of the molecule is Cc1ccc(C(N)C(=O)NC(C)c2ccc(C)c([N+](=O)[O-])c2)cc1.Cl. The van der Waals surface area contributed by atoms with Gasteiger partial charge >= 0.3 is 0 Å². The van der Waals surface area contributed by atoms with E-state index in [9.17, 15) is 14.9 Å². The van der Waals surface area contributed by atoms with Crippen molar-refractivity contribution in [2.45, 2.75) is 32.9 Å². The lowest BCUT2D eigenvalue weighted by Crippen LogP contribution is -2.35. The number of carbonyl (C=O) groups is 1. The smallest absolute Gasteiger partial charge is 0.272 e. The molecule has 7 heteroatoms. The number of nitrogens with zero attached hydrogens (tertiary/aromatic N) is 1. The summed E-state index contributed by atoms with van der Waals surface area (Å²) in [6.07, 6.45) is 0. The second-order valence-electron chi connectivity index (χ2n) is 5.92. The van der Waals surface area contributed by atoms with Crippen LogP contribution in [0, 0.1) is 24.0 Å². The molecule has 0 bridgehead atoms. The molecule has 2 atom stereocenters. The molecule has 0 saturated heterocycles. The largest absolute Gasteiger partial charge is 0.348 e. The number of rotatable bonds is 5. The normalized spacial score (nSPS) is 12.6. The van der Waals surface area contributed by atoms with Gasteiger partial charge in [0.25, 0.3) is 5.69 Å². The first kappa shape index (κ1) is 20.6. The van der Waals surface area contributed by atoms with Crippen LogP contribution in [0.5, 0.6) is 0 Å². The molecule has 0 aliphatic carbocycles. The number of carbonyl (C=O) groups excluding carboxylic acids is 1. The maximum Gasteiger partial charge on any atom is 0.272 e. The van der Waals surface area contributed by atoms with Crippen LogP contribution in [-0.4, -0.2) is 10.8 Å². The van der Waals surface area contributed by atoms with Crippen LogP contribution < -0.4 is 11.1 Å². The number of hydrogen-bond acceptors (Lipinski definition) is 4. The molecule has 3 N–H and O–H groups in total. The fourth-order valence-corrected chi connectivity index (χ4v) is 2.40. The topological polar surface area (TPSA) is 98.3 Å². The first-order chi connectivity index (χ1) is 11.3. The Kier molecular flexibility index (Phi) is 7.09. The molecule has 134 valence electrons. The van der Waals surface area contributed by atoms with Crippen LogP contribution in [-0.2, 0) is 4.79 Å². The van der Waals surface area contributed by atoms with Gasteiger partial charge in [-0.05, 0) is 31.9 Å². The second kappa shape index (κ2) is 8.60. The van der Waals surface area contributed by atoms with Crippen molar-refractivity contribution in [2.24, 2.45) is 5.73 Å². The zero-order valence-electron chi connectivity index (χ0n) is 14.4. The van der Waals surface area contributed by atoms with Crippen LogP contribution in [0.3, 0.4) is 0 Å². The van der Waals surface area contributed by atoms with Crippen molar-refractivity contribution in [1.82, 2.24) is 5.32 Å². The highest BCUT2D eigenvalue weighted by Gasteiger charge is 2.20. The van der Waals surface area contributed by atoms with E-state index in [1.807, 2.05) is 31.2 Å². The van der Waals surface area contributed by atoms with Crippen molar-refractivity contribution >= 4 is 24.0 Å². The van der Waals surface area contributed by atoms with Crippen LogP contribution in [0.15, 0.2) is 42.5 Å². The van der Waals surface area contributed by atoms with Gasteiger partial charge in [-0.3, -0.25) is 14.9 Å². The molecule has 2 aromatic rings. The fourth-order valence-electron chi connectivity index (χ4n) is 2.40. The van der Waals surface area contributed by atoms with E-state index in [-0.39, 0.29) is 30.0 Å². The van der Waals surface area contributed by atoms with Crippen molar-refractivity contribution in [3.63, 3.8) is 0 Å². The highest BCUT2D eigenvalue weighted by molar-refractivity contribution is 5.85. The van der Waals surface area contributed by atoms with Crippen LogP contribution >= 0.6 is 12.4 Å². The molecule has 1 amide bonds. The van der Waals surface area contributed by atoms with E-state index in [0.717, 1.165) is 11.1 Å². The average molecular weight is 364 g/mol. The number of amides is 1. The van der Waals surface area contributed by atoms with Crippen molar-refractivity contribution in [2.75, 3.05) is 0 Å². The van der Waals surface area contributed by atoms with Crippen LogP contribution in [0.25, 0.3) is 0 Å². The molecule has 2 aromatic carbocycles. The maximum absolute atomic E-state index is 12.3. The lowest BCUT2D eigenvalue weighted by molar-refractivity contribution is -0.385. The number of hydrogen-bond donors (Lipinski definition) is 2. The van der Waals surface area contributed by atoms with Crippen molar-refractivity contribution < 1.29 is 9.72 Å². The Morgan fingerprint density at radius 1 is 1.12 bits per heavy atom. The molecular weight excluding hydrogens is 342 g/mol. The lowest BCUT2D eigenvalue weighted by atomic mass is 10.0. The molecule has 6 nitrogen and oxygen atoms in total. The molecule has 0 aliphatic rings. The summed E-state index contributed by atoms with van der Waals surface area (Å²) in [4.78, 5) is 22.9. The van der Waals surface area contributed by atoms with Gasteiger partial charge in [-0.15, -0.1) is 12.4 Å². The third kappa shape index (κ3) is 5.01. The van der Waals surface area contributed by atoms with Crippen molar-refractivity contribution in [3.05, 3.63) is 74.8 Å². The Bertz CT molecular complexity index is 763. The Hall–Kier alpha value is -2.44. The number of nitrogens with one attached hydrogen (secondary N) is 1. The third-order valence-electron chi connectivity index (χ3n) is 4.01. The van der Waals surface area contributed by atoms with Gasteiger partial charge in [-0.25, -0.2) is 0 Å². The Labute approximate surface area is 153 Å². The molecule has 0 aliphatic heterocycles. The minimum atomic E-state index is -0.784. The molecule has 0 aromatic heterocycles. The van der Waals surface area contributed by atoms with Gasteiger partial charge in [0.1, 0.15) is 6.04 Å². The molecule has 25 heavy (non-hydrogen) atoms. The third-order valence-corrected chi connectivity index (χ3v) is 4.01. The number of nitro benzene ring substituents is 1. The summed E-state index contributed by atoms with van der Waals surface area (Å²) >= 11 is 0. The summed E-state index contributed by atoms with van der Waals surface area (Å²) in [7, 11) is 0. The van der Waals surface area contributed by atoms with Crippen LogP contribution in [0.4, 0.5) is 5.69 Å². The van der Waals surface area contributed by atoms with E-state index >= 15 is 0 Å². The predicted molar refractivity (Wildman–Crippen MR) is 99.7 cm³/mol. The molecule has 0 radical (unpaired) electrons. The number of aryl methyl sites for hydroxylation is 2. The highest BCUT2D eigenvalue weighted by atomic mass is 35.5. The van der Waals surface area contributed by atoms with Gasteiger partial charge in [-0.2, -0.15) is 0 Å². The Balaban J connectivity index is 0.00000312. The minimum Gasteiger partial charge on any atom is -0.348 e. The van der Waals surface area contributed by atoms with E-state index in [2.05, 4.69) is 5.32 Å². The van der Waals surface area contributed by atoms with Crippen LogP contribution in [0.1, 0.15) is 41.3 Å². The van der Waals surface area contributed by atoms with Gasteiger partial charge in [0.2, 0.25) is 5.91 Å². The quantitative estimate of drug-likeness (QED) is 0.627. The molecule has 0 spiro atoms. The van der Waals surface area contributed by atoms with Crippen molar-refractivity contribution in [1.29, 1.82) is 0 Å². The van der Waals surface area contributed by atoms with Gasteiger partial charge < -0.3 is 11.1 Å². The van der Waals surface area contributed by atoms with Gasteiger partial charge in [-0.1, -0.05) is 42.0 Å². The maximum atomic E-state index is 12.3. The second-order valence-corrected chi connectivity index (χ2v) is 5.92. The number of nitro groups is 1. The summed E-state index contributed by atoms with van der Waals surface area (Å²) in [5.41, 5.74) is 9.09. The van der Waals surface area contributed by atoms with E-state index in [1.165, 1.54) is 6.07 Å². The Morgan fingerprint density at radius 2 is 1.68 bits per heavy atom. The van der Waals surface area contributed by atoms with Crippen molar-refractivity contribution in [3.8, 4) is 0 Å². The van der Waals surface area contributed by atoms with E-state index in [0.29, 0.717) is 11.1 Å².